The van der Waals surface area contributed by atoms with Gasteiger partial charge in [0.05, 0.1) is 18.0 Å². The molecule has 6 nitrogen and oxygen atoms in total. The van der Waals surface area contributed by atoms with Gasteiger partial charge in [0.2, 0.25) is 0 Å². The second-order valence-electron chi connectivity index (χ2n) is 7.44. The fourth-order valence-corrected chi connectivity index (χ4v) is 5.06. The molecule has 0 radical (unpaired) electrons. The molecule has 0 unspecified atom stereocenters. The zero-order valence-corrected chi connectivity index (χ0v) is 19.4. The molecular formula is C25H22ClNO5S. The van der Waals surface area contributed by atoms with Crippen molar-refractivity contribution in [1.82, 2.24) is 0 Å². The largest absolute Gasteiger partial charge is 0.489 e. The third-order valence-corrected chi connectivity index (χ3v) is 6.84. The van der Waals surface area contributed by atoms with Crippen molar-refractivity contribution in [3.63, 3.8) is 0 Å². The Kier molecular flexibility index (Phi) is 7.23. The van der Waals surface area contributed by atoms with Crippen molar-refractivity contribution in [2.24, 2.45) is 0 Å². The molecule has 0 aromatic heterocycles. The molecule has 0 bridgehead atoms. The van der Waals surface area contributed by atoms with Crippen molar-refractivity contribution < 1.29 is 24.2 Å². The van der Waals surface area contributed by atoms with Crippen LogP contribution in [0.2, 0.25) is 5.02 Å². The van der Waals surface area contributed by atoms with E-state index in [2.05, 4.69) is 0 Å². The number of methoxy groups -OCH3 is 1. The first-order valence-electron chi connectivity index (χ1n) is 10.3. The quantitative estimate of drug-likeness (QED) is 0.515. The second kappa shape index (κ2) is 10.3. The van der Waals surface area contributed by atoms with E-state index < -0.39 is 23.2 Å². The van der Waals surface area contributed by atoms with Gasteiger partial charge in [0, 0.05) is 9.92 Å². The lowest BCUT2D eigenvalue weighted by atomic mass is 10.1. The molecular weight excluding hydrogens is 462 g/mol. The summed E-state index contributed by atoms with van der Waals surface area (Å²) in [4.78, 5) is 27.0. The van der Waals surface area contributed by atoms with Crippen LogP contribution in [-0.2, 0) is 20.9 Å². The van der Waals surface area contributed by atoms with Crippen LogP contribution in [0.25, 0.3) is 0 Å². The molecule has 0 aliphatic carbocycles. The van der Waals surface area contributed by atoms with Gasteiger partial charge in [-0.25, -0.2) is 0 Å². The predicted octanol–water partition coefficient (Wildman–Crippen LogP) is 4.63. The lowest BCUT2D eigenvalue weighted by Gasteiger charge is -2.24. The van der Waals surface area contributed by atoms with Crippen LogP contribution in [-0.4, -0.2) is 36.7 Å². The molecule has 3 aromatic rings. The molecule has 0 spiro atoms. The highest BCUT2D eigenvalue weighted by molar-refractivity contribution is 7.99. The maximum Gasteiger partial charge on any atom is 0.325 e. The molecule has 33 heavy (non-hydrogen) atoms. The average molecular weight is 484 g/mol. The highest BCUT2D eigenvalue weighted by Gasteiger charge is 2.38. The number of aliphatic hydroxyl groups excluding tert-OH is 1. The summed E-state index contributed by atoms with van der Waals surface area (Å²) in [5.74, 6) is -0.485. The average Bonchev–Trinajstić information content (AvgIpc) is 2.94. The summed E-state index contributed by atoms with van der Waals surface area (Å²) in [5.41, 5.74) is 2.31. The number of carbonyl (C=O) groups excluding carboxylic acids is 2. The normalized spacial score (nSPS) is 17.8. The van der Waals surface area contributed by atoms with E-state index in [0.29, 0.717) is 28.0 Å². The summed E-state index contributed by atoms with van der Waals surface area (Å²) in [5, 5.41) is 10.9. The van der Waals surface area contributed by atoms with E-state index in [9.17, 15) is 14.7 Å². The topological polar surface area (TPSA) is 76.1 Å². The van der Waals surface area contributed by atoms with Crippen LogP contribution in [0.4, 0.5) is 5.69 Å². The van der Waals surface area contributed by atoms with E-state index in [-0.39, 0.29) is 6.54 Å². The van der Waals surface area contributed by atoms with Gasteiger partial charge in [0.15, 0.2) is 0 Å². The first kappa shape index (κ1) is 23.2. The van der Waals surface area contributed by atoms with Gasteiger partial charge in [0.25, 0.3) is 5.91 Å². The lowest BCUT2D eigenvalue weighted by molar-refractivity contribution is -0.140. The molecule has 3 aromatic carbocycles. The molecule has 170 valence electrons. The summed E-state index contributed by atoms with van der Waals surface area (Å²) < 4.78 is 10.6. The number of thioether (sulfide) groups is 1. The van der Waals surface area contributed by atoms with E-state index >= 15 is 0 Å². The van der Waals surface area contributed by atoms with Gasteiger partial charge in [-0.3, -0.25) is 14.5 Å². The molecule has 0 saturated heterocycles. The smallest absolute Gasteiger partial charge is 0.325 e. The molecule has 4 rings (SSSR count). The number of benzene rings is 3. The molecule has 1 N–H and O–H groups in total. The maximum atomic E-state index is 13.2. The van der Waals surface area contributed by atoms with Gasteiger partial charge in [0.1, 0.15) is 25.0 Å². The Morgan fingerprint density at radius 2 is 1.82 bits per heavy atom. The highest BCUT2D eigenvalue weighted by Crippen LogP contribution is 2.46. The number of nitrogens with zero attached hydrogens (tertiary/aromatic N) is 1. The molecule has 0 saturated carbocycles. The van der Waals surface area contributed by atoms with E-state index in [1.165, 1.54) is 23.8 Å². The Balaban J connectivity index is 1.59. The van der Waals surface area contributed by atoms with Crippen LogP contribution in [0.15, 0.2) is 77.7 Å². The van der Waals surface area contributed by atoms with Gasteiger partial charge in [-0.2, -0.15) is 0 Å². The van der Waals surface area contributed by atoms with Crippen LogP contribution >= 0.6 is 23.4 Å². The number of rotatable bonds is 6. The van der Waals surface area contributed by atoms with Crippen molar-refractivity contribution >= 4 is 40.9 Å². The van der Waals surface area contributed by atoms with Crippen molar-refractivity contribution in [1.29, 1.82) is 0 Å². The number of halogens is 1. The number of anilines is 1. The number of carbonyl (C=O) groups is 2. The maximum absolute atomic E-state index is 13.2. The van der Waals surface area contributed by atoms with Crippen LogP contribution in [0.1, 0.15) is 16.4 Å². The minimum absolute atomic E-state index is 0.305. The molecule has 1 amide bonds. The third kappa shape index (κ3) is 5.33. The van der Waals surface area contributed by atoms with Gasteiger partial charge in [-0.15, -0.1) is 11.8 Å². The highest BCUT2D eigenvalue weighted by atomic mass is 35.5. The van der Waals surface area contributed by atoms with Crippen LogP contribution in [0.3, 0.4) is 0 Å². The van der Waals surface area contributed by atoms with Crippen LogP contribution in [0.5, 0.6) is 5.75 Å². The third-order valence-electron chi connectivity index (χ3n) is 5.24. The van der Waals surface area contributed by atoms with E-state index in [0.717, 1.165) is 11.1 Å². The number of esters is 1. The Labute approximate surface area is 201 Å². The fraction of sp³-hybridized carbons (Fsp3) is 0.200. The number of amides is 1. The molecule has 2 atom stereocenters. The lowest BCUT2D eigenvalue weighted by Crippen LogP contribution is -2.43. The molecule has 8 heteroatoms. The Hall–Kier alpha value is -3.00. The van der Waals surface area contributed by atoms with Gasteiger partial charge < -0.3 is 14.6 Å². The first-order valence-corrected chi connectivity index (χ1v) is 11.5. The Bertz CT molecular complexity index is 1140. The SMILES string of the molecule is COC(=O)CN1C(=O)[C@H](O)[C@H](c2ccc(OCc3ccccc3)cc2)Sc2cc(Cl)ccc21. The first-order chi connectivity index (χ1) is 16.0. The summed E-state index contributed by atoms with van der Waals surface area (Å²) >= 11 is 7.52. The number of ether oxygens (including phenoxy) is 2. The standard InChI is InChI=1S/C25H22ClNO5S/c1-31-22(28)14-27-20-12-9-18(26)13-21(20)33-24(23(29)25(27)30)17-7-10-19(11-8-17)32-15-16-5-3-2-4-6-16/h2-13,23-24,29H,14-15H2,1H3/t23-,24+/m1/s1. The van der Waals surface area contributed by atoms with Crippen molar-refractivity contribution in [2.45, 2.75) is 22.9 Å². The molecule has 1 heterocycles. The number of fused-ring (bicyclic) bond motifs is 1. The summed E-state index contributed by atoms with van der Waals surface area (Å²) in [6.07, 6.45) is -1.37. The number of hydrogen-bond acceptors (Lipinski definition) is 6. The predicted molar refractivity (Wildman–Crippen MR) is 128 cm³/mol. The summed E-state index contributed by atoms with van der Waals surface area (Å²) in [7, 11) is 1.25. The zero-order valence-electron chi connectivity index (χ0n) is 17.8. The molecule has 1 aliphatic heterocycles. The van der Waals surface area contributed by atoms with Crippen molar-refractivity contribution in [3.8, 4) is 5.75 Å². The number of aliphatic hydroxyl groups is 1. The zero-order chi connectivity index (χ0) is 23.4. The second-order valence-corrected chi connectivity index (χ2v) is 9.06. The van der Waals surface area contributed by atoms with Gasteiger partial charge >= 0.3 is 5.97 Å². The van der Waals surface area contributed by atoms with Gasteiger partial charge in [-0.05, 0) is 41.5 Å². The van der Waals surface area contributed by atoms with Crippen molar-refractivity contribution in [3.05, 3.63) is 88.9 Å². The number of hydrogen-bond donors (Lipinski definition) is 1. The van der Waals surface area contributed by atoms with Crippen LogP contribution in [0, 0.1) is 0 Å². The summed E-state index contributed by atoms with van der Waals surface area (Å²) in [6.45, 7) is 0.133. The van der Waals surface area contributed by atoms with E-state index in [4.69, 9.17) is 21.1 Å². The summed E-state index contributed by atoms with van der Waals surface area (Å²) in [6, 6.07) is 22.2. The fourth-order valence-electron chi connectivity index (χ4n) is 3.52. The Morgan fingerprint density at radius 1 is 1.09 bits per heavy atom. The Morgan fingerprint density at radius 3 is 2.52 bits per heavy atom. The molecule has 1 aliphatic rings. The monoisotopic (exact) mass is 483 g/mol. The van der Waals surface area contributed by atoms with E-state index in [1.54, 1.807) is 18.2 Å². The van der Waals surface area contributed by atoms with Gasteiger partial charge in [-0.1, -0.05) is 54.1 Å². The van der Waals surface area contributed by atoms with Crippen molar-refractivity contribution in [2.75, 3.05) is 18.6 Å². The van der Waals surface area contributed by atoms with Crippen LogP contribution < -0.4 is 9.64 Å². The minimum Gasteiger partial charge on any atom is -0.489 e. The minimum atomic E-state index is -1.37. The van der Waals surface area contributed by atoms with E-state index in [1.807, 2.05) is 54.6 Å². The molecule has 0 fully saturated rings.